The molecule has 0 aromatic heterocycles. The van der Waals surface area contributed by atoms with Gasteiger partial charge in [-0.2, -0.15) is 0 Å². The summed E-state index contributed by atoms with van der Waals surface area (Å²) in [4.78, 5) is 0. The van der Waals surface area contributed by atoms with Gasteiger partial charge in [0.1, 0.15) is 16.9 Å². The predicted molar refractivity (Wildman–Crippen MR) is 119 cm³/mol. The normalized spacial score (nSPS) is 13.1. The maximum Gasteiger partial charge on any atom is 0.130 e. The van der Waals surface area contributed by atoms with E-state index in [0.717, 1.165) is 44.5 Å². The Kier molecular flexibility index (Phi) is 6.93. The molecule has 0 bridgehead atoms. The van der Waals surface area contributed by atoms with Crippen LogP contribution >= 0.6 is 0 Å². The SMILES string of the molecule is Cc1cc(C)c(C=C(O)C(CO)(CO)C(O)=Cc2cc(C)c(C)cc2C)cc1C. The third-order valence-electron chi connectivity index (χ3n) is 5.87. The lowest BCUT2D eigenvalue weighted by atomic mass is 9.82. The standard InChI is InChI=1S/C25H32O4/c1-15-7-19(5)21(9-17(15)3)11-23(28)25(13-26,14-27)24(29)12-22-10-18(4)16(2)8-20(22)6/h7-12,26-29H,13-14H2,1-6H3. The topological polar surface area (TPSA) is 80.9 Å². The van der Waals surface area contributed by atoms with E-state index in [1.165, 1.54) is 12.2 Å². The van der Waals surface area contributed by atoms with Gasteiger partial charge in [-0.3, -0.25) is 0 Å². The lowest BCUT2D eigenvalue weighted by Gasteiger charge is -2.29. The van der Waals surface area contributed by atoms with E-state index in [1.54, 1.807) is 0 Å². The zero-order valence-electron chi connectivity index (χ0n) is 18.2. The third-order valence-corrected chi connectivity index (χ3v) is 5.87. The number of aliphatic hydroxyl groups excluding tert-OH is 4. The molecule has 0 spiro atoms. The Bertz CT molecular complexity index is 888. The van der Waals surface area contributed by atoms with E-state index in [0.29, 0.717) is 0 Å². The van der Waals surface area contributed by atoms with Crippen LogP contribution in [0.5, 0.6) is 0 Å². The van der Waals surface area contributed by atoms with Gasteiger partial charge in [0.15, 0.2) is 0 Å². The van der Waals surface area contributed by atoms with E-state index >= 15 is 0 Å². The summed E-state index contributed by atoms with van der Waals surface area (Å²) in [6.07, 6.45) is 3.01. The molecule has 4 N–H and O–H groups in total. The van der Waals surface area contributed by atoms with Crippen LogP contribution in [0.15, 0.2) is 35.8 Å². The number of benzene rings is 2. The highest BCUT2D eigenvalue weighted by Crippen LogP contribution is 2.35. The van der Waals surface area contributed by atoms with Crippen LogP contribution in [0.1, 0.15) is 44.5 Å². The van der Waals surface area contributed by atoms with Crippen molar-refractivity contribution in [3.8, 4) is 0 Å². The molecular formula is C25H32O4. The zero-order chi connectivity index (χ0) is 21.9. The molecule has 156 valence electrons. The quantitative estimate of drug-likeness (QED) is 0.518. The Morgan fingerprint density at radius 3 is 1.24 bits per heavy atom. The number of rotatable bonds is 6. The van der Waals surface area contributed by atoms with Gasteiger partial charge in [-0.15, -0.1) is 0 Å². The molecule has 0 radical (unpaired) electrons. The molecular weight excluding hydrogens is 364 g/mol. The number of aryl methyl sites for hydroxylation is 6. The molecule has 2 aromatic carbocycles. The Hall–Kier alpha value is -2.56. The first-order chi connectivity index (χ1) is 13.5. The van der Waals surface area contributed by atoms with E-state index in [9.17, 15) is 20.4 Å². The summed E-state index contributed by atoms with van der Waals surface area (Å²) in [6, 6.07) is 7.91. The average Bonchev–Trinajstić information content (AvgIpc) is 2.65. The molecule has 0 saturated carbocycles. The first kappa shape index (κ1) is 22.7. The molecule has 0 fully saturated rings. The van der Waals surface area contributed by atoms with Crippen LogP contribution in [-0.4, -0.2) is 33.6 Å². The fraction of sp³-hybridized carbons (Fsp3) is 0.360. The molecule has 4 nitrogen and oxygen atoms in total. The van der Waals surface area contributed by atoms with Crippen LogP contribution < -0.4 is 0 Å². The summed E-state index contributed by atoms with van der Waals surface area (Å²) >= 11 is 0. The number of aliphatic hydroxyl groups is 4. The third kappa shape index (κ3) is 4.55. The molecule has 0 saturated heterocycles. The van der Waals surface area contributed by atoms with E-state index < -0.39 is 18.6 Å². The van der Waals surface area contributed by atoms with Crippen molar-refractivity contribution in [3.05, 3.63) is 80.3 Å². The maximum atomic E-state index is 10.9. The highest BCUT2D eigenvalue weighted by Gasteiger charge is 2.38. The summed E-state index contributed by atoms with van der Waals surface area (Å²) < 4.78 is 0. The Morgan fingerprint density at radius 2 is 0.931 bits per heavy atom. The molecule has 0 aliphatic rings. The smallest absolute Gasteiger partial charge is 0.130 e. The van der Waals surface area contributed by atoms with Crippen LogP contribution in [0.2, 0.25) is 0 Å². The first-order valence-corrected chi connectivity index (χ1v) is 9.75. The maximum absolute atomic E-state index is 10.9. The first-order valence-electron chi connectivity index (χ1n) is 9.75. The van der Waals surface area contributed by atoms with Gasteiger partial charge in [-0.25, -0.2) is 0 Å². The van der Waals surface area contributed by atoms with Gasteiger partial charge >= 0.3 is 0 Å². The Labute approximate surface area is 173 Å². The van der Waals surface area contributed by atoms with Gasteiger partial charge < -0.3 is 20.4 Å². The van der Waals surface area contributed by atoms with Gasteiger partial charge in [-0.05, 0) is 98.2 Å². The molecule has 2 rings (SSSR count). The molecule has 0 atom stereocenters. The van der Waals surface area contributed by atoms with Crippen molar-refractivity contribution in [2.45, 2.75) is 41.5 Å². The lowest BCUT2D eigenvalue weighted by molar-refractivity contribution is 0.0487. The van der Waals surface area contributed by atoms with Crippen molar-refractivity contribution in [1.82, 2.24) is 0 Å². The van der Waals surface area contributed by atoms with E-state index in [-0.39, 0.29) is 11.5 Å². The van der Waals surface area contributed by atoms with E-state index in [1.807, 2.05) is 65.8 Å². The van der Waals surface area contributed by atoms with Crippen LogP contribution in [0, 0.1) is 47.0 Å². The minimum absolute atomic E-state index is 0.288. The van der Waals surface area contributed by atoms with E-state index in [4.69, 9.17) is 0 Å². The average molecular weight is 397 g/mol. The van der Waals surface area contributed by atoms with Gasteiger partial charge in [0.2, 0.25) is 0 Å². The summed E-state index contributed by atoms with van der Waals surface area (Å²) in [5, 5.41) is 41.8. The largest absolute Gasteiger partial charge is 0.511 e. The van der Waals surface area contributed by atoms with Crippen LogP contribution in [0.25, 0.3) is 12.2 Å². The van der Waals surface area contributed by atoms with Crippen molar-refractivity contribution in [2.75, 3.05) is 13.2 Å². The van der Waals surface area contributed by atoms with Crippen LogP contribution in [0.4, 0.5) is 0 Å². The molecule has 0 heterocycles. The molecule has 0 amide bonds. The van der Waals surface area contributed by atoms with E-state index in [2.05, 4.69) is 0 Å². The molecule has 0 aliphatic carbocycles. The summed E-state index contributed by atoms with van der Waals surface area (Å²) in [6.45, 7) is 10.6. The fourth-order valence-corrected chi connectivity index (χ4v) is 3.35. The molecule has 0 unspecified atom stereocenters. The molecule has 0 aliphatic heterocycles. The highest BCUT2D eigenvalue weighted by atomic mass is 16.3. The lowest BCUT2D eigenvalue weighted by Crippen LogP contribution is -2.34. The second-order valence-corrected chi connectivity index (χ2v) is 8.04. The van der Waals surface area contributed by atoms with Crippen molar-refractivity contribution in [1.29, 1.82) is 0 Å². The minimum Gasteiger partial charge on any atom is -0.511 e. The second-order valence-electron chi connectivity index (χ2n) is 8.04. The predicted octanol–water partition coefficient (Wildman–Crippen LogP) is 5.01. The fourth-order valence-electron chi connectivity index (χ4n) is 3.35. The van der Waals surface area contributed by atoms with Crippen molar-refractivity contribution >= 4 is 12.2 Å². The van der Waals surface area contributed by atoms with Gasteiger partial charge in [-0.1, -0.05) is 24.3 Å². The summed E-state index contributed by atoms with van der Waals surface area (Å²) in [5.74, 6) is -0.576. The zero-order valence-corrected chi connectivity index (χ0v) is 18.2. The van der Waals surface area contributed by atoms with Crippen LogP contribution in [-0.2, 0) is 0 Å². The van der Waals surface area contributed by atoms with Crippen LogP contribution in [0.3, 0.4) is 0 Å². The number of hydrogen-bond donors (Lipinski definition) is 4. The summed E-state index contributed by atoms with van der Waals surface area (Å²) in [7, 11) is 0. The van der Waals surface area contributed by atoms with Gasteiger partial charge in [0, 0.05) is 0 Å². The van der Waals surface area contributed by atoms with Crippen molar-refractivity contribution < 1.29 is 20.4 Å². The van der Waals surface area contributed by atoms with Crippen molar-refractivity contribution in [3.63, 3.8) is 0 Å². The Balaban J connectivity index is 2.58. The Morgan fingerprint density at radius 1 is 0.621 bits per heavy atom. The second kappa shape index (κ2) is 8.85. The number of hydrogen-bond acceptors (Lipinski definition) is 4. The van der Waals surface area contributed by atoms with Gasteiger partial charge in [0.25, 0.3) is 0 Å². The monoisotopic (exact) mass is 396 g/mol. The van der Waals surface area contributed by atoms with Crippen molar-refractivity contribution in [2.24, 2.45) is 5.41 Å². The molecule has 2 aromatic rings. The minimum atomic E-state index is -1.68. The molecule has 29 heavy (non-hydrogen) atoms. The van der Waals surface area contributed by atoms with Gasteiger partial charge in [0.05, 0.1) is 13.2 Å². The highest BCUT2D eigenvalue weighted by molar-refractivity contribution is 5.63. The summed E-state index contributed by atoms with van der Waals surface area (Å²) in [5.41, 5.74) is 6.19. The molecule has 4 heteroatoms.